The molecular formula is C12H22O2P+. The second kappa shape index (κ2) is 8.01. The van der Waals surface area contributed by atoms with Crippen molar-refractivity contribution in [2.45, 2.75) is 57.8 Å². The van der Waals surface area contributed by atoms with Crippen LogP contribution in [0.3, 0.4) is 0 Å². The summed E-state index contributed by atoms with van der Waals surface area (Å²) in [7, 11) is -1.89. The minimum atomic E-state index is -1.89. The third-order valence-corrected chi connectivity index (χ3v) is 3.68. The van der Waals surface area contributed by atoms with Crippen LogP contribution >= 0.6 is 8.03 Å². The van der Waals surface area contributed by atoms with Gasteiger partial charge in [0.2, 0.25) is 0 Å². The molecule has 0 fully saturated rings. The van der Waals surface area contributed by atoms with Gasteiger partial charge < -0.3 is 0 Å². The zero-order valence-electron chi connectivity index (χ0n) is 9.45. The molecular weight excluding hydrogens is 207 g/mol. The highest BCUT2D eigenvalue weighted by atomic mass is 31.1. The van der Waals surface area contributed by atoms with E-state index in [-0.39, 0.29) is 0 Å². The molecule has 1 unspecified atom stereocenters. The summed E-state index contributed by atoms with van der Waals surface area (Å²) in [5.74, 6) is 0. The summed E-state index contributed by atoms with van der Waals surface area (Å²) in [4.78, 5) is 8.61. The Morgan fingerprint density at radius 1 is 1.20 bits per heavy atom. The third kappa shape index (κ3) is 6.81. The highest BCUT2D eigenvalue weighted by Gasteiger charge is 2.08. The topological polar surface area (TPSA) is 37.3 Å². The average molecular weight is 229 g/mol. The molecule has 86 valence electrons. The number of hydrogen-bond donors (Lipinski definition) is 1. The van der Waals surface area contributed by atoms with E-state index in [1.807, 2.05) is 0 Å². The maximum Gasteiger partial charge on any atom is 0.505 e. The first-order valence-electron chi connectivity index (χ1n) is 6.10. The number of unbranched alkanes of at least 4 members (excludes halogenated alkanes) is 3. The molecule has 0 heterocycles. The first-order valence-corrected chi connectivity index (χ1v) is 7.50. The van der Waals surface area contributed by atoms with Crippen LogP contribution < -0.4 is 0 Å². The summed E-state index contributed by atoms with van der Waals surface area (Å²) in [5.41, 5.74) is 1.65. The molecule has 0 radical (unpaired) electrons. The van der Waals surface area contributed by atoms with Gasteiger partial charge in [-0.05, 0) is 55.9 Å². The number of hydrogen-bond acceptors (Lipinski definition) is 1. The lowest BCUT2D eigenvalue weighted by Gasteiger charge is -2.11. The van der Waals surface area contributed by atoms with Crippen molar-refractivity contribution in [1.29, 1.82) is 0 Å². The molecule has 0 aromatic heterocycles. The van der Waals surface area contributed by atoms with Gasteiger partial charge in [-0.3, -0.25) is 0 Å². The maximum atomic E-state index is 10.4. The van der Waals surface area contributed by atoms with Crippen molar-refractivity contribution >= 4 is 8.03 Å². The van der Waals surface area contributed by atoms with E-state index in [1.165, 1.54) is 44.9 Å². The molecule has 0 spiro atoms. The molecule has 0 saturated heterocycles. The van der Waals surface area contributed by atoms with Crippen LogP contribution in [0.1, 0.15) is 57.8 Å². The van der Waals surface area contributed by atoms with Crippen LogP contribution in [0.25, 0.3) is 0 Å². The van der Waals surface area contributed by atoms with E-state index in [2.05, 4.69) is 6.08 Å². The fourth-order valence-electron chi connectivity index (χ4n) is 2.08. The largest absolute Gasteiger partial charge is 0.505 e. The summed E-state index contributed by atoms with van der Waals surface area (Å²) in [6, 6.07) is 0. The summed E-state index contributed by atoms with van der Waals surface area (Å²) >= 11 is 0. The Balaban J connectivity index is 1.92. The molecule has 0 aliphatic heterocycles. The minimum Gasteiger partial charge on any atom is -0.161 e. The van der Waals surface area contributed by atoms with E-state index >= 15 is 0 Å². The van der Waals surface area contributed by atoms with Crippen molar-refractivity contribution in [3.8, 4) is 0 Å². The Hall–Kier alpha value is -0.200. The van der Waals surface area contributed by atoms with Crippen molar-refractivity contribution in [2.24, 2.45) is 0 Å². The van der Waals surface area contributed by atoms with E-state index < -0.39 is 8.03 Å². The van der Waals surface area contributed by atoms with Crippen molar-refractivity contribution < 1.29 is 9.46 Å². The first-order chi connectivity index (χ1) is 7.29. The summed E-state index contributed by atoms with van der Waals surface area (Å²) in [5, 5.41) is 0. The van der Waals surface area contributed by atoms with Gasteiger partial charge in [-0.2, -0.15) is 4.89 Å². The Kier molecular flexibility index (Phi) is 6.87. The van der Waals surface area contributed by atoms with Crippen LogP contribution in [0.15, 0.2) is 11.6 Å². The fraction of sp³-hybridized carbons (Fsp3) is 0.833. The highest BCUT2D eigenvalue weighted by molar-refractivity contribution is 7.37. The Labute approximate surface area is 93.6 Å². The van der Waals surface area contributed by atoms with E-state index in [9.17, 15) is 4.57 Å². The van der Waals surface area contributed by atoms with E-state index in [4.69, 9.17) is 4.89 Å². The normalized spacial score (nSPS) is 17.4. The van der Waals surface area contributed by atoms with Gasteiger partial charge in [0.05, 0.1) is 0 Å². The van der Waals surface area contributed by atoms with Crippen LogP contribution in [0.5, 0.6) is 0 Å². The molecule has 1 N–H and O–H groups in total. The molecule has 0 saturated carbocycles. The van der Waals surface area contributed by atoms with Crippen molar-refractivity contribution in [1.82, 2.24) is 0 Å². The zero-order chi connectivity index (χ0) is 10.9. The van der Waals surface area contributed by atoms with E-state index in [0.717, 1.165) is 12.8 Å². The molecule has 0 bridgehead atoms. The van der Waals surface area contributed by atoms with Gasteiger partial charge in [-0.25, -0.2) is 0 Å². The summed E-state index contributed by atoms with van der Waals surface area (Å²) in [6.07, 6.45) is 14.0. The third-order valence-electron chi connectivity index (χ3n) is 2.98. The number of allylic oxidation sites excluding steroid dienone is 2. The van der Waals surface area contributed by atoms with Gasteiger partial charge in [-0.15, -0.1) is 0 Å². The SMILES string of the molecule is O=[P+](O)CCCCCCC1=CCCCC1. The molecule has 3 heteroatoms. The van der Waals surface area contributed by atoms with E-state index in [1.54, 1.807) is 5.57 Å². The maximum absolute atomic E-state index is 10.4. The summed E-state index contributed by atoms with van der Waals surface area (Å²) < 4.78 is 10.4. The lowest BCUT2D eigenvalue weighted by molar-refractivity contribution is 0.499. The molecule has 0 amide bonds. The predicted octanol–water partition coefficient (Wildman–Crippen LogP) is 4.17. The van der Waals surface area contributed by atoms with Crippen molar-refractivity contribution in [3.05, 3.63) is 11.6 Å². The monoisotopic (exact) mass is 229 g/mol. The molecule has 1 aliphatic rings. The van der Waals surface area contributed by atoms with Gasteiger partial charge >= 0.3 is 8.03 Å². The standard InChI is InChI=1S/C12H21O2P/c13-15(14)11-7-2-1-4-8-12-9-5-3-6-10-12/h9H,1-8,10-11H2/p+1. The Morgan fingerprint density at radius 2 is 2.00 bits per heavy atom. The predicted molar refractivity (Wildman–Crippen MR) is 64.3 cm³/mol. The van der Waals surface area contributed by atoms with Crippen LogP contribution in [-0.2, 0) is 4.57 Å². The van der Waals surface area contributed by atoms with E-state index in [0.29, 0.717) is 6.16 Å². The lowest BCUT2D eigenvalue weighted by Crippen LogP contribution is -1.92. The highest BCUT2D eigenvalue weighted by Crippen LogP contribution is 2.23. The quantitative estimate of drug-likeness (QED) is 0.404. The molecule has 1 atom stereocenters. The van der Waals surface area contributed by atoms with Gasteiger partial charge in [0.1, 0.15) is 0 Å². The molecule has 0 aromatic rings. The van der Waals surface area contributed by atoms with Gasteiger partial charge in [-0.1, -0.05) is 18.1 Å². The Bertz CT molecular complexity index is 224. The second-order valence-corrected chi connectivity index (χ2v) is 5.50. The smallest absolute Gasteiger partial charge is 0.161 e. The summed E-state index contributed by atoms with van der Waals surface area (Å²) in [6.45, 7) is 0. The number of rotatable bonds is 7. The van der Waals surface area contributed by atoms with Gasteiger partial charge in [0, 0.05) is 0 Å². The van der Waals surface area contributed by atoms with Crippen molar-refractivity contribution in [2.75, 3.05) is 6.16 Å². The van der Waals surface area contributed by atoms with Gasteiger partial charge in [0.15, 0.2) is 6.16 Å². The minimum absolute atomic E-state index is 0.484. The molecule has 0 aromatic carbocycles. The van der Waals surface area contributed by atoms with Crippen LogP contribution in [0.4, 0.5) is 0 Å². The zero-order valence-corrected chi connectivity index (χ0v) is 10.3. The second-order valence-electron chi connectivity index (χ2n) is 4.35. The Morgan fingerprint density at radius 3 is 2.67 bits per heavy atom. The molecule has 15 heavy (non-hydrogen) atoms. The molecule has 1 aliphatic carbocycles. The first kappa shape index (κ1) is 12.9. The molecule has 2 nitrogen and oxygen atoms in total. The molecule has 1 rings (SSSR count). The average Bonchev–Trinajstić information content (AvgIpc) is 2.24. The fourth-order valence-corrected chi connectivity index (χ4v) is 2.58. The van der Waals surface area contributed by atoms with Gasteiger partial charge in [0.25, 0.3) is 0 Å². The van der Waals surface area contributed by atoms with Crippen LogP contribution in [0.2, 0.25) is 0 Å². The van der Waals surface area contributed by atoms with Crippen LogP contribution in [0, 0.1) is 0 Å². The lowest BCUT2D eigenvalue weighted by atomic mass is 9.95. The van der Waals surface area contributed by atoms with Crippen molar-refractivity contribution in [3.63, 3.8) is 0 Å². The van der Waals surface area contributed by atoms with Crippen LogP contribution in [-0.4, -0.2) is 11.1 Å².